The second-order valence-corrected chi connectivity index (χ2v) is 7.29. The quantitative estimate of drug-likeness (QED) is 0.543. The molecule has 0 bridgehead atoms. The number of nitrogens with one attached hydrogen (secondary N) is 1. The van der Waals surface area contributed by atoms with Gasteiger partial charge in [-0.3, -0.25) is 4.79 Å². The van der Waals surface area contributed by atoms with Crippen LogP contribution in [0.3, 0.4) is 0 Å². The van der Waals surface area contributed by atoms with Crippen molar-refractivity contribution in [1.82, 2.24) is 14.9 Å². The highest BCUT2D eigenvalue weighted by atomic mass is 32.1. The molecule has 4 nitrogen and oxygen atoms in total. The molecule has 4 rings (SSSR count). The summed E-state index contributed by atoms with van der Waals surface area (Å²) in [5.74, 6) is 0.398. The maximum absolute atomic E-state index is 13.2. The molecule has 2 aromatic heterocycles. The molecule has 6 heteroatoms. The number of hydrogen-bond donors (Lipinski definition) is 1. The Morgan fingerprint density at radius 3 is 2.67 bits per heavy atom. The lowest BCUT2D eigenvalue weighted by atomic mass is 10.2. The number of hydrogen-bond acceptors (Lipinski definition) is 3. The van der Waals surface area contributed by atoms with E-state index in [-0.39, 0.29) is 17.8 Å². The summed E-state index contributed by atoms with van der Waals surface area (Å²) in [5, 5.41) is 4.90. The molecule has 0 fully saturated rings. The Morgan fingerprint density at radius 2 is 1.93 bits per heavy atom. The zero-order valence-corrected chi connectivity index (χ0v) is 15.5. The first-order chi connectivity index (χ1) is 13.1. The molecule has 136 valence electrons. The summed E-state index contributed by atoms with van der Waals surface area (Å²) < 4.78 is 15.3. The van der Waals surface area contributed by atoms with E-state index in [4.69, 9.17) is 4.98 Å². The van der Waals surface area contributed by atoms with E-state index in [2.05, 4.69) is 9.88 Å². The molecule has 0 aliphatic heterocycles. The van der Waals surface area contributed by atoms with Crippen molar-refractivity contribution in [3.63, 3.8) is 0 Å². The molecule has 1 amide bonds. The van der Waals surface area contributed by atoms with E-state index in [0.29, 0.717) is 11.4 Å². The Balaban J connectivity index is 1.68. The first kappa shape index (κ1) is 17.4. The summed E-state index contributed by atoms with van der Waals surface area (Å²) >= 11 is 1.41. The monoisotopic (exact) mass is 379 g/mol. The lowest BCUT2D eigenvalue weighted by molar-refractivity contribution is 0.0942. The van der Waals surface area contributed by atoms with Gasteiger partial charge in [-0.05, 0) is 48.2 Å². The van der Waals surface area contributed by atoms with Crippen LogP contribution in [0.4, 0.5) is 4.39 Å². The predicted octanol–water partition coefficient (Wildman–Crippen LogP) is 4.78. The average Bonchev–Trinajstić information content (AvgIpc) is 3.32. The minimum atomic E-state index is -0.271. The SMILES string of the molecule is CC(NC(=O)c1cccs1)c1nc2ccccc2n1Cc1ccc(F)cc1. The van der Waals surface area contributed by atoms with Crippen molar-refractivity contribution >= 4 is 28.3 Å². The standard InChI is InChI=1S/C21H18FN3OS/c1-14(23-21(26)19-7-4-12-27-19)20-24-17-5-2-3-6-18(17)25(20)13-15-8-10-16(22)11-9-15/h2-12,14H,13H2,1H3,(H,23,26). The summed E-state index contributed by atoms with van der Waals surface area (Å²) in [4.78, 5) is 17.8. The van der Waals surface area contributed by atoms with Gasteiger partial charge in [0.25, 0.3) is 5.91 Å². The van der Waals surface area contributed by atoms with Crippen LogP contribution >= 0.6 is 11.3 Å². The number of imidazole rings is 1. The van der Waals surface area contributed by atoms with E-state index in [1.807, 2.05) is 42.6 Å². The summed E-state index contributed by atoms with van der Waals surface area (Å²) in [6, 6.07) is 17.7. The third-order valence-corrected chi connectivity index (χ3v) is 5.29. The number of benzene rings is 2. The number of fused-ring (bicyclic) bond motifs is 1. The Hall–Kier alpha value is -2.99. The van der Waals surface area contributed by atoms with Crippen LogP contribution in [0.25, 0.3) is 11.0 Å². The van der Waals surface area contributed by atoms with Crippen molar-refractivity contribution in [3.05, 3.63) is 88.1 Å². The van der Waals surface area contributed by atoms with Gasteiger partial charge in [0.2, 0.25) is 0 Å². The second kappa shape index (κ2) is 7.32. The third-order valence-electron chi connectivity index (χ3n) is 4.42. The van der Waals surface area contributed by atoms with Gasteiger partial charge in [0.05, 0.1) is 22.0 Å². The molecule has 0 spiro atoms. The lowest BCUT2D eigenvalue weighted by Gasteiger charge is -2.16. The van der Waals surface area contributed by atoms with Gasteiger partial charge in [-0.1, -0.05) is 30.3 Å². The Labute approximate surface area is 160 Å². The second-order valence-electron chi connectivity index (χ2n) is 6.34. The normalized spacial score (nSPS) is 12.2. The molecule has 4 aromatic rings. The van der Waals surface area contributed by atoms with Gasteiger partial charge >= 0.3 is 0 Å². The van der Waals surface area contributed by atoms with Gasteiger partial charge < -0.3 is 9.88 Å². The van der Waals surface area contributed by atoms with Crippen LogP contribution in [0, 0.1) is 5.82 Å². The summed E-state index contributed by atoms with van der Waals surface area (Å²) in [7, 11) is 0. The van der Waals surface area contributed by atoms with Crippen molar-refractivity contribution in [2.45, 2.75) is 19.5 Å². The van der Waals surface area contributed by atoms with Crippen LogP contribution in [0.15, 0.2) is 66.0 Å². The van der Waals surface area contributed by atoms with E-state index in [1.165, 1.54) is 23.5 Å². The summed E-state index contributed by atoms with van der Waals surface area (Å²) in [6.07, 6.45) is 0. The maximum Gasteiger partial charge on any atom is 0.261 e. The van der Waals surface area contributed by atoms with Gasteiger partial charge in [-0.25, -0.2) is 9.37 Å². The van der Waals surface area contributed by atoms with Crippen LogP contribution in [0.2, 0.25) is 0 Å². The highest BCUT2D eigenvalue weighted by Crippen LogP contribution is 2.23. The van der Waals surface area contributed by atoms with Crippen LogP contribution in [0.1, 0.15) is 34.0 Å². The Morgan fingerprint density at radius 1 is 1.15 bits per heavy atom. The third kappa shape index (κ3) is 3.61. The molecule has 0 saturated carbocycles. The van der Waals surface area contributed by atoms with Gasteiger partial charge in [-0.2, -0.15) is 0 Å². The van der Waals surface area contributed by atoms with Gasteiger partial charge in [-0.15, -0.1) is 11.3 Å². The number of carbonyl (C=O) groups is 1. The van der Waals surface area contributed by atoms with Crippen LogP contribution in [-0.2, 0) is 6.54 Å². The van der Waals surface area contributed by atoms with Gasteiger partial charge in [0, 0.05) is 6.54 Å². The number of nitrogens with zero attached hydrogens (tertiary/aromatic N) is 2. The van der Waals surface area contributed by atoms with Crippen molar-refractivity contribution in [1.29, 1.82) is 0 Å². The lowest BCUT2D eigenvalue weighted by Crippen LogP contribution is -2.28. The number of carbonyl (C=O) groups excluding carboxylic acids is 1. The maximum atomic E-state index is 13.2. The van der Waals surface area contributed by atoms with Crippen molar-refractivity contribution in [3.8, 4) is 0 Å². The highest BCUT2D eigenvalue weighted by Gasteiger charge is 2.19. The fraction of sp³-hybridized carbons (Fsp3) is 0.143. The van der Waals surface area contributed by atoms with E-state index in [0.717, 1.165) is 22.4 Å². The number of rotatable bonds is 5. The van der Waals surface area contributed by atoms with Gasteiger partial charge in [0.1, 0.15) is 11.6 Å². The van der Waals surface area contributed by atoms with Gasteiger partial charge in [0.15, 0.2) is 0 Å². The molecular weight excluding hydrogens is 361 g/mol. The Bertz CT molecular complexity index is 1070. The fourth-order valence-corrected chi connectivity index (χ4v) is 3.73. The molecular formula is C21H18FN3OS. The number of thiophene rings is 1. The van der Waals surface area contributed by atoms with E-state index >= 15 is 0 Å². The Kier molecular flexibility index (Phi) is 4.73. The van der Waals surface area contributed by atoms with Crippen LogP contribution < -0.4 is 5.32 Å². The first-order valence-electron chi connectivity index (χ1n) is 8.66. The largest absolute Gasteiger partial charge is 0.342 e. The molecule has 0 aliphatic carbocycles. The number of aromatic nitrogens is 2. The summed E-state index contributed by atoms with van der Waals surface area (Å²) in [5.41, 5.74) is 2.82. The van der Waals surface area contributed by atoms with Crippen LogP contribution in [-0.4, -0.2) is 15.5 Å². The van der Waals surface area contributed by atoms with E-state index in [1.54, 1.807) is 18.2 Å². The first-order valence-corrected chi connectivity index (χ1v) is 9.54. The van der Waals surface area contributed by atoms with E-state index < -0.39 is 0 Å². The molecule has 0 aliphatic rings. The molecule has 27 heavy (non-hydrogen) atoms. The number of amides is 1. The molecule has 0 radical (unpaired) electrons. The van der Waals surface area contributed by atoms with E-state index in [9.17, 15) is 9.18 Å². The molecule has 2 heterocycles. The smallest absolute Gasteiger partial charge is 0.261 e. The minimum absolute atomic E-state index is 0.113. The minimum Gasteiger partial charge on any atom is -0.342 e. The average molecular weight is 379 g/mol. The number of para-hydroxylation sites is 2. The summed E-state index contributed by atoms with van der Waals surface area (Å²) in [6.45, 7) is 2.48. The molecule has 1 atom stereocenters. The predicted molar refractivity (Wildman–Crippen MR) is 105 cm³/mol. The zero-order chi connectivity index (χ0) is 18.8. The molecule has 2 aromatic carbocycles. The highest BCUT2D eigenvalue weighted by molar-refractivity contribution is 7.12. The number of halogens is 1. The zero-order valence-electron chi connectivity index (χ0n) is 14.7. The molecule has 1 N–H and O–H groups in total. The molecule has 0 saturated heterocycles. The fourth-order valence-electron chi connectivity index (χ4n) is 3.10. The topological polar surface area (TPSA) is 46.9 Å². The van der Waals surface area contributed by atoms with Crippen molar-refractivity contribution in [2.75, 3.05) is 0 Å². The van der Waals surface area contributed by atoms with Crippen LogP contribution in [0.5, 0.6) is 0 Å². The molecule has 1 unspecified atom stereocenters. The van der Waals surface area contributed by atoms with Crippen molar-refractivity contribution in [2.24, 2.45) is 0 Å². The van der Waals surface area contributed by atoms with Crippen molar-refractivity contribution < 1.29 is 9.18 Å².